The Morgan fingerprint density at radius 2 is 1.89 bits per heavy atom. The molecule has 0 unspecified atom stereocenters. The first kappa shape index (κ1) is 13.7. The van der Waals surface area contributed by atoms with E-state index in [1.807, 2.05) is 0 Å². The summed E-state index contributed by atoms with van der Waals surface area (Å²) in [5.74, 6) is -0.492. The Labute approximate surface area is 120 Å². The summed E-state index contributed by atoms with van der Waals surface area (Å²) in [5, 5.41) is 1.04. The predicted octanol–water partition coefficient (Wildman–Crippen LogP) is 3.93. The first-order valence-corrected chi connectivity index (χ1v) is 6.29. The Bertz CT molecular complexity index is 614. The maximum Gasteiger partial charge on any atom is 0.340 e. The van der Waals surface area contributed by atoms with Gasteiger partial charge >= 0.3 is 5.97 Å². The van der Waals surface area contributed by atoms with E-state index >= 15 is 0 Å². The van der Waals surface area contributed by atoms with Crippen LogP contribution in [0.25, 0.3) is 0 Å². The molecule has 2 aromatic rings. The molecule has 0 atom stereocenters. The van der Waals surface area contributed by atoms with Gasteiger partial charge in [0.25, 0.3) is 0 Å². The molecule has 0 heterocycles. The van der Waals surface area contributed by atoms with Crippen molar-refractivity contribution in [2.75, 3.05) is 5.73 Å². The monoisotopic (exact) mass is 295 g/mol. The number of para-hydroxylation sites is 1. The van der Waals surface area contributed by atoms with E-state index in [-0.39, 0.29) is 6.61 Å². The number of hydrogen-bond donors (Lipinski definition) is 1. The zero-order valence-corrected chi connectivity index (χ0v) is 11.4. The summed E-state index contributed by atoms with van der Waals surface area (Å²) >= 11 is 11.8. The number of carbonyl (C=O) groups excluding carboxylic acids is 1. The lowest BCUT2D eigenvalue weighted by Crippen LogP contribution is -2.08. The Balaban J connectivity index is 2.09. The van der Waals surface area contributed by atoms with Crippen LogP contribution in [-0.4, -0.2) is 5.97 Å². The molecule has 0 aromatic heterocycles. The summed E-state index contributed by atoms with van der Waals surface area (Å²) in [6, 6.07) is 11.7. The third-order valence-electron chi connectivity index (χ3n) is 2.55. The number of benzene rings is 2. The molecule has 0 fully saturated rings. The highest BCUT2D eigenvalue weighted by Crippen LogP contribution is 2.22. The van der Waals surface area contributed by atoms with Crippen molar-refractivity contribution in [3.05, 3.63) is 63.6 Å². The summed E-state index contributed by atoms with van der Waals surface area (Å²) < 4.78 is 5.17. The van der Waals surface area contributed by atoms with E-state index in [4.69, 9.17) is 33.7 Å². The third kappa shape index (κ3) is 3.40. The van der Waals surface area contributed by atoms with Crippen LogP contribution in [0, 0.1) is 0 Å². The average molecular weight is 296 g/mol. The van der Waals surface area contributed by atoms with E-state index in [1.165, 1.54) is 0 Å². The molecule has 2 aromatic carbocycles. The lowest BCUT2D eigenvalue weighted by Gasteiger charge is -2.08. The standard InChI is InChI=1S/C14H11Cl2NO2/c15-10-5-6-12(16)9(7-10)8-19-14(18)11-3-1-2-4-13(11)17/h1-7H,8,17H2. The number of anilines is 1. The summed E-state index contributed by atoms with van der Waals surface area (Å²) in [4.78, 5) is 11.9. The van der Waals surface area contributed by atoms with E-state index < -0.39 is 5.97 Å². The largest absolute Gasteiger partial charge is 0.457 e. The molecule has 0 saturated carbocycles. The molecule has 98 valence electrons. The van der Waals surface area contributed by atoms with Gasteiger partial charge < -0.3 is 10.5 Å². The number of carbonyl (C=O) groups is 1. The van der Waals surface area contributed by atoms with Gasteiger partial charge in [0.1, 0.15) is 6.61 Å². The van der Waals surface area contributed by atoms with Crippen LogP contribution in [0.5, 0.6) is 0 Å². The molecule has 5 heteroatoms. The van der Waals surface area contributed by atoms with Gasteiger partial charge in [0, 0.05) is 21.3 Å². The van der Waals surface area contributed by atoms with E-state index in [2.05, 4.69) is 0 Å². The molecule has 3 nitrogen and oxygen atoms in total. The minimum absolute atomic E-state index is 0.0482. The van der Waals surface area contributed by atoms with Crippen molar-refractivity contribution in [3.8, 4) is 0 Å². The maximum absolute atomic E-state index is 11.9. The Kier molecular flexibility index (Phi) is 4.30. The molecule has 0 amide bonds. The molecule has 0 aliphatic rings. The summed E-state index contributed by atoms with van der Waals surface area (Å²) in [6.45, 7) is 0.0482. The van der Waals surface area contributed by atoms with Crippen LogP contribution in [0.3, 0.4) is 0 Å². The number of rotatable bonds is 3. The topological polar surface area (TPSA) is 52.3 Å². The van der Waals surface area contributed by atoms with Crippen molar-refractivity contribution in [2.24, 2.45) is 0 Å². The number of hydrogen-bond acceptors (Lipinski definition) is 3. The van der Waals surface area contributed by atoms with Crippen LogP contribution >= 0.6 is 23.2 Å². The highest BCUT2D eigenvalue weighted by molar-refractivity contribution is 6.33. The Morgan fingerprint density at radius 3 is 2.63 bits per heavy atom. The van der Waals surface area contributed by atoms with Crippen molar-refractivity contribution in [1.29, 1.82) is 0 Å². The van der Waals surface area contributed by atoms with E-state index in [9.17, 15) is 4.79 Å². The van der Waals surface area contributed by atoms with Crippen LogP contribution in [-0.2, 0) is 11.3 Å². The van der Waals surface area contributed by atoms with Crippen LogP contribution in [0.4, 0.5) is 5.69 Å². The van der Waals surface area contributed by atoms with Crippen molar-refractivity contribution in [3.63, 3.8) is 0 Å². The third-order valence-corrected chi connectivity index (χ3v) is 3.15. The average Bonchev–Trinajstić information content (AvgIpc) is 2.40. The SMILES string of the molecule is Nc1ccccc1C(=O)OCc1cc(Cl)ccc1Cl. The minimum atomic E-state index is -0.492. The Morgan fingerprint density at radius 1 is 1.16 bits per heavy atom. The number of halogens is 2. The fourth-order valence-electron chi connectivity index (χ4n) is 1.56. The minimum Gasteiger partial charge on any atom is -0.457 e. The number of nitrogens with two attached hydrogens (primary N) is 1. The molecule has 0 bridgehead atoms. The van der Waals surface area contributed by atoms with Gasteiger partial charge in [0.05, 0.1) is 5.56 Å². The van der Waals surface area contributed by atoms with Gasteiger partial charge in [-0.3, -0.25) is 0 Å². The maximum atomic E-state index is 11.9. The first-order valence-electron chi connectivity index (χ1n) is 5.53. The molecule has 2 N–H and O–H groups in total. The van der Waals surface area contributed by atoms with Crippen molar-refractivity contribution in [2.45, 2.75) is 6.61 Å². The van der Waals surface area contributed by atoms with Crippen LogP contribution < -0.4 is 5.73 Å². The van der Waals surface area contributed by atoms with Gasteiger partial charge in [-0.1, -0.05) is 35.3 Å². The normalized spacial score (nSPS) is 10.2. The van der Waals surface area contributed by atoms with Gasteiger partial charge in [0.15, 0.2) is 0 Å². The number of esters is 1. The van der Waals surface area contributed by atoms with Gasteiger partial charge in [0.2, 0.25) is 0 Å². The second-order valence-electron chi connectivity index (χ2n) is 3.90. The van der Waals surface area contributed by atoms with E-state index in [0.29, 0.717) is 26.9 Å². The molecule has 0 saturated heterocycles. The van der Waals surface area contributed by atoms with Crippen molar-refractivity contribution >= 4 is 34.9 Å². The predicted molar refractivity (Wildman–Crippen MR) is 76.4 cm³/mol. The van der Waals surface area contributed by atoms with Gasteiger partial charge in [-0.15, -0.1) is 0 Å². The van der Waals surface area contributed by atoms with Gasteiger partial charge in [-0.05, 0) is 30.3 Å². The quantitative estimate of drug-likeness (QED) is 0.689. The molecule has 19 heavy (non-hydrogen) atoms. The number of nitrogen functional groups attached to an aromatic ring is 1. The molecular weight excluding hydrogens is 285 g/mol. The van der Waals surface area contributed by atoms with E-state index in [1.54, 1.807) is 42.5 Å². The second-order valence-corrected chi connectivity index (χ2v) is 4.74. The molecule has 0 radical (unpaired) electrons. The highest BCUT2D eigenvalue weighted by atomic mass is 35.5. The smallest absolute Gasteiger partial charge is 0.340 e. The van der Waals surface area contributed by atoms with Gasteiger partial charge in [-0.25, -0.2) is 4.79 Å². The first-order chi connectivity index (χ1) is 9.08. The molecule has 0 spiro atoms. The van der Waals surface area contributed by atoms with Crippen LogP contribution in [0.1, 0.15) is 15.9 Å². The number of ether oxygens (including phenoxy) is 1. The summed E-state index contributed by atoms with van der Waals surface area (Å²) in [7, 11) is 0. The lowest BCUT2D eigenvalue weighted by atomic mass is 10.2. The summed E-state index contributed by atoms with van der Waals surface area (Å²) in [5.41, 5.74) is 7.06. The van der Waals surface area contributed by atoms with Crippen molar-refractivity contribution in [1.82, 2.24) is 0 Å². The zero-order chi connectivity index (χ0) is 13.8. The second kappa shape index (κ2) is 5.95. The van der Waals surface area contributed by atoms with Crippen LogP contribution in [0.15, 0.2) is 42.5 Å². The van der Waals surface area contributed by atoms with Crippen LogP contribution in [0.2, 0.25) is 10.0 Å². The summed E-state index contributed by atoms with van der Waals surface area (Å²) in [6.07, 6.45) is 0. The molecule has 0 aliphatic carbocycles. The molecule has 0 aliphatic heterocycles. The Hall–Kier alpha value is -1.71. The molecule has 2 rings (SSSR count). The zero-order valence-electron chi connectivity index (χ0n) is 9.90. The van der Waals surface area contributed by atoms with Crippen molar-refractivity contribution < 1.29 is 9.53 Å². The molecular formula is C14H11Cl2NO2. The highest BCUT2D eigenvalue weighted by Gasteiger charge is 2.11. The van der Waals surface area contributed by atoms with E-state index in [0.717, 1.165) is 0 Å². The lowest BCUT2D eigenvalue weighted by molar-refractivity contribution is 0.0474. The fourth-order valence-corrected chi connectivity index (χ4v) is 1.92. The fraction of sp³-hybridized carbons (Fsp3) is 0.0714. The van der Waals surface area contributed by atoms with Gasteiger partial charge in [-0.2, -0.15) is 0 Å².